The SMILES string of the molecule is CCCC(C)CC(O)c1ccccc1SC. The Balaban J connectivity index is 2.68. The molecule has 0 spiro atoms. The van der Waals surface area contributed by atoms with Gasteiger partial charge in [-0.2, -0.15) is 0 Å². The van der Waals surface area contributed by atoms with E-state index in [0.29, 0.717) is 5.92 Å². The zero-order valence-corrected chi connectivity index (χ0v) is 11.3. The molecule has 0 radical (unpaired) electrons. The molecule has 1 N–H and O–H groups in total. The molecule has 1 nitrogen and oxygen atoms in total. The second-order valence-corrected chi connectivity index (χ2v) is 5.24. The summed E-state index contributed by atoms with van der Waals surface area (Å²) in [5, 5.41) is 10.2. The minimum Gasteiger partial charge on any atom is -0.388 e. The van der Waals surface area contributed by atoms with Gasteiger partial charge in [0, 0.05) is 4.90 Å². The summed E-state index contributed by atoms with van der Waals surface area (Å²) in [6, 6.07) is 8.14. The molecule has 0 aromatic heterocycles. The van der Waals surface area contributed by atoms with Crippen molar-refractivity contribution in [2.24, 2.45) is 5.92 Å². The molecule has 0 bridgehead atoms. The molecule has 1 aromatic rings. The Labute approximate surface area is 103 Å². The summed E-state index contributed by atoms with van der Waals surface area (Å²) < 4.78 is 0. The van der Waals surface area contributed by atoms with E-state index in [1.54, 1.807) is 11.8 Å². The van der Waals surface area contributed by atoms with E-state index in [-0.39, 0.29) is 6.10 Å². The van der Waals surface area contributed by atoms with Crippen molar-refractivity contribution in [1.82, 2.24) is 0 Å². The van der Waals surface area contributed by atoms with Gasteiger partial charge in [0.2, 0.25) is 0 Å². The second kappa shape index (κ2) is 6.97. The number of hydrogen-bond acceptors (Lipinski definition) is 2. The maximum Gasteiger partial charge on any atom is 0.0803 e. The predicted octanol–water partition coefficient (Wildman–Crippen LogP) is 4.27. The number of aliphatic hydroxyl groups excluding tert-OH is 1. The van der Waals surface area contributed by atoms with Gasteiger partial charge in [0.1, 0.15) is 0 Å². The van der Waals surface area contributed by atoms with Crippen molar-refractivity contribution in [3.8, 4) is 0 Å². The minimum absolute atomic E-state index is 0.315. The molecule has 90 valence electrons. The molecule has 2 heteroatoms. The van der Waals surface area contributed by atoms with Crippen LogP contribution in [0.4, 0.5) is 0 Å². The van der Waals surface area contributed by atoms with Gasteiger partial charge in [0.15, 0.2) is 0 Å². The van der Waals surface area contributed by atoms with Gasteiger partial charge in [0.25, 0.3) is 0 Å². The smallest absolute Gasteiger partial charge is 0.0803 e. The Morgan fingerprint density at radius 1 is 1.31 bits per heavy atom. The summed E-state index contributed by atoms with van der Waals surface area (Å²) in [6.45, 7) is 4.41. The molecule has 0 aliphatic heterocycles. The Morgan fingerprint density at radius 3 is 2.62 bits per heavy atom. The first-order valence-electron chi connectivity index (χ1n) is 6.00. The van der Waals surface area contributed by atoms with Crippen LogP contribution in [0.3, 0.4) is 0 Å². The molecule has 0 amide bonds. The molecule has 0 heterocycles. The Kier molecular flexibility index (Phi) is 5.93. The molecule has 2 unspecified atom stereocenters. The summed E-state index contributed by atoms with van der Waals surface area (Å²) in [7, 11) is 0. The van der Waals surface area contributed by atoms with Gasteiger partial charge in [-0.05, 0) is 30.2 Å². The molecule has 0 aliphatic carbocycles. The van der Waals surface area contributed by atoms with Crippen molar-refractivity contribution in [1.29, 1.82) is 0 Å². The number of hydrogen-bond donors (Lipinski definition) is 1. The van der Waals surface area contributed by atoms with Crippen LogP contribution in [0.25, 0.3) is 0 Å². The van der Waals surface area contributed by atoms with E-state index in [0.717, 1.165) is 12.0 Å². The van der Waals surface area contributed by atoms with Crippen LogP contribution in [0.15, 0.2) is 29.2 Å². The highest BCUT2D eigenvalue weighted by Crippen LogP contribution is 2.30. The minimum atomic E-state index is -0.315. The van der Waals surface area contributed by atoms with Crippen molar-refractivity contribution < 1.29 is 5.11 Å². The van der Waals surface area contributed by atoms with E-state index in [1.807, 2.05) is 18.2 Å². The van der Waals surface area contributed by atoms with E-state index >= 15 is 0 Å². The fraction of sp³-hybridized carbons (Fsp3) is 0.571. The van der Waals surface area contributed by atoms with Crippen LogP contribution in [0, 0.1) is 5.92 Å². The normalized spacial score (nSPS) is 14.8. The number of rotatable bonds is 6. The number of thioether (sulfide) groups is 1. The van der Waals surface area contributed by atoms with E-state index < -0.39 is 0 Å². The molecular formula is C14H22OS. The summed E-state index contributed by atoms with van der Waals surface area (Å²) in [5.41, 5.74) is 1.08. The third kappa shape index (κ3) is 3.84. The van der Waals surface area contributed by atoms with Crippen molar-refractivity contribution in [3.63, 3.8) is 0 Å². The Bertz CT molecular complexity index is 311. The lowest BCUT2D eigenvalue weighted by molar-refractivity contribution is 0.142. The molecule has 1 aromatic carbocycles. The quantitative estimate of drug-likeness (QED) is 0.747. The van der Waals surface area contributed by atoms with E-state index in [9.17, 15) is 5.11 Å². The Morgan fingerprint density at radius 2 is 2.00 bits per heavy atom. The first-order valence-corrected chi connectivity index (χ1v) is 7.22. The lowest BCUT2D eigenvalue weighted by Crippen LogP contribution is -2.05. The molecular weight excluding hydrogens is 216 g/mol. The number of benzene rings is 1. The zero-order valence-electron chi connectivity index (χ0n) is 10.4. The molecule has 2 atom stereocenters. The molecule has 0 fully saturated rings. The topological polar surface area (TPSA) is 20.2 Å². The van der Waals surface area contributed by atoms with Crippen molar-refractivity contribution in [2.45, 2.75) is 44.1 Å². The fourth-order valence-corrected chi connectivity index (χ4v) is 2.71. The van der Waals surface area contributed by atoms with Crippen LogP contribution in [-0.4, -0.2) is 11.4 Å². The summed E-state index contributed by atoms with van der Waals surface area (Å²) in [5.74, 6) is 0.593. The van der Waals surface area contributed by atoms with Crippen LogP contribution < -0.4 is 0 Å². The standard InChI is InChI=1S/C14H22OS/c1-4-7-11(2)10-13(15)12-8-5-6-9-14(12)16-3/h5-6,8-9,11,13,15H,4,7,10H2,1-3H3. The predicted molar refractivity (Wildman–Crippen MR) is 71.9 cm³/mol. The molecule has 0 aliphatic rings. The van der Waals surface area contributed by atoms with Crippen molar-refractivity contribution in [2.75, 3.05) is 6.26 Å². The highest BCUT2D eigenvalue weighted by molar-refractivity contribution is 7.98. The first kappa shape index (κ1) is 13.6. The monoisotopic (exact) mass is 238 g/mol. The van der Waals surface area contributed by atoms with Gasteiger partial charge >= 0.3 is 0 Å². The zero-order chi connectivity index (χ0) is 12.0. The highest BCUT2D eigenvalue weighted by Gasteiger charge is 2.14. The average Bonchev–Trinajstić information content (AvgIpc) is 2.29. The highest BCUT2D eigenvalue weighted by atomic mass is 32.2. The summed E-state index contributed by atoms with van der Waals surface area (Å²) in [6.07, 6.45) is 4.99. The lowest BCUT2D eigenvalue weighted by Gasteiger charge is -2.18. The maximum atomic E-state index is 10.2. The third-order valence-electron chi connectivity index (χ3n) is 2.91. The van der Waals surface area contributed by atoms with Crippen molar-refractivity contribution >= 4 is 11.8 Å². The average molecular weight is 238 g/mol. The van der Waals surface area contributed by atoms with E-state index in [2.05, 4.69) is 26.2 Å². The van der Waals surface area contributed by atoms with Crippen LogP contribution in [0.5, 0.6) is 0 Å². The number of aliphatic hydroxyl groups is 1. The molecule has 16 heavy (non-hydrogen) atoms. The molecule has 0 saturated heterocycles. The van der Waals surface area contributed by atoms with Gasteiger partial charge in [0.05, 0.1) is 6.10 Å². The molecule has 1 rings (SSSR count). The van der Waals surface area contributed by atoms with Gasteiger partial charge in [-0.1, -0.05) is 44.9 Å². The van der Waals surface area contributed by atoms with Gasteiger partial charge < -0.3 is 5.11 Å². The van der Waals surface area contributed by atoms with Crippen LogP contribution >= 0.6 is 11.8 Å². The largest absolute Gasteiger partial charge is 0.388 e. The summed E-state index contributed by atoms with van der Waals surface area (Å²) in [4.78, 5) is 1.19. The van der Waals surface area contributed by atoms with Crippen molar-refractivity contribution in [3.05, 3.63) is 29.8 Å². The second-order valence-electron chi connectivity index (χ2n) is 4.39. The Hall–Kier alpha value is -0.470. The van der Waals surface area contributed by atoms with E-state index in [1.165, 1.54) is 17.7 Å². The van der Waals surface area contributed by atoms with Crippen LogP contribution in [0.2, 0.25) is 0 Å². The maximum absolute atomic E-state index is 10.2. The van der Waals surface area contributed by atoms with Gasteiger partial charge in [-0.25, -0.2) is 0 Å². The van der Waals surface area contributed by atoms with Gasteiger partial charge in [-0.3, -0.25) is 0 Å². The summed E-state index contributed by atoms with van der Waals surface area (Å²) >= 11 is 1.70. The molecule has 0 saturated carbocycles. The van der Waals surface area contributed by atoms with Gasteiger partial charge in [-0.15, -0.1) is 11.8 Å². The first-order chi connectivity index (χ1) is 7.69. The third-order valence-corrected chi connectivity index (χ3v) is 3.72. The van der Waals surface area contributed by atoms with E-state index in [4.69, 9.17) is 0 Å². The fourth-order valence-electron chi connectivity index (χ4n) is 2.06. The van der Waals surface area contributed by atoms with Crippen LogP contribution in [0.1, 0.15) is 44.8 Å². The lowest BCUT2D eigenvalue weighted by atomic mass is 9.95. The van der Waals surface area contributed by atoms with Crippen LogP contribution in [-0.2, 0) is 0 Å².